The van der Waals surface area contributed by atoms with Crippen LogP contribution < -0.4 is 19.2 Å². The highest BCUT2D eigenvalue weighted by Crippen LogP contribution is 2.29. The summed E-state index contributed by atoms with van der Waals surface area (Å²) in [4.78, 5) is 13.0. The molecular formula is C32H32BrN3O5S. The van der Waals surface area contributed by atoms with Crippen molar-refractivity contribution in [3.8, 4) is 11.5 Å². The first-order valence-corrected chi connectivity index (χ1v) is 15.5. The van der Waals surface area contributed by atoms with Gasteiger partial charge in [-0.1, -0.05) is 72.2 Å². The molecule has 0 saturated heterocycles. The van der Waals surface area contributed by atoms with E-state index in [1.165, 1.54) is 18.3 Å². The number of hydrazone groups is 1. The van der Waals surface area contributed by atoms with Crippen molar-refractivity contribution in [2.24, 2.45) is 5.10 Å². The Labute approximate surface area is 255 Å². The van der Waals surface area contributed by atoms with Crippen LogP contribution in [0.2, 0.25) is 0 Å². The molecule has 0 radical (unpaired) electrons. The first kappa shape index (κ1) is 30.8. The van der Waals surface area contributed by atoms with E-state index < -0.39 is 22.5 Å². The molecule has 0 unspecified atom stereocenters. The zero-order valence-corrected chi connectivity index (χ0v) is 25.9. The first-order chi connectivity index (χ1) is 20.2. The van der Waals surface area contributed by atoms with Gasteiger partial charge in [0.05, 0.1) is 23.9 Å². The number of halogens is 1. The number of carbonyl (C=O) groups excluding carboxylic acids is 1. The Morgan fingerprint density at radius 1 is 0.952 bits per heavy atom. The largest absolute Gasteiger partial charge is 0.493 e. The minimum Gasteiger partial charge on any atom is -0.493 e. The van der Waals surface area contributed by atoms with E-state index in [-0.39, 0.29) is 10.8 Å². The maximum atomic E-state index is 13.5. The van der Waals surface area contributed by atoms with Gasteiger partial charge < -0.3 is 9.47 Å². The Hall–Kier alpha value is -4.15. The average Bonchev–Trinajstić information content (AvgIpc) is 3.00. The molecule has 0 aliphatic heterocycles. The van der Waals surface area contributed by atoms with Crippen LogP contribution in [0, 0.1) is 0 Å². The third kappa shape index (κ3) is 7.98. The van der Waals surface area contributed by atoms with E-state index >= 15 is 0 Å². The van der Waals surface area contributed by atoms with Gasteiger partial charge in [0.25, 0.3) is 15.9 Å². The number of hydrogen-bond acceptors (Lipinski definition) is 6. The van der Waals surface area contributed by atoms with E-state index in [9.17, 15) is 13.2 Å². The van der Waals surface area contributed by atoms with Crippen LogP contribution in [0.5, 0.6) is 11.5 Å². The molecule has 0 atom stereocenters. The van der Waals surface area contributed by atoms with Crippen molar-refractivity contribution < 1.29 is 22.7 Å². The van der Waals surface area contributed by atoms with Gasteiger partial charge in [0.15, 0.2) is 11.5 Å². The number of benzene rings is 4. The Morgan fingerprint density at radius 2 is 1.64 bits per heavy atom. The highest BCUT2D eigenvalue weighted by Gasteiger charge is 2.27. The lowest BCUT2D eigenvalue weighted by Gasteiger charge is -2.24. The van der Waals surface area contributed by atoms with Gasteiger partial charge in [0.2, 0.25) is 0 Å². The van der Waals surface area contributed by atoms with Crippen molar-refractivity contribution >= 4 is 43.8 Å². The van der Waals surface area contributed by atoms with Gasteiger partial charge in [-0.15, -0.1) is 0 Å². The number of sulfonamides is 1. The number of methoxy groups -OCH3 is 1. The Balaban J connectivity index is 1.45. The van der Waals surface area contributed by atoms with Gasteiger partial charge >= 0.3 is 0 Å². The predicted molar refractivity (Wildman–Crippen MR) is 169 cm³/mol. The van der Waals surface area contributed by atoms with Crippen LogP contribution in [-0.2, 0) is 21.4 Å². The van der Waals surface area contributed by atoms with Crippen LogP contribution in [0.25, 0.3) is 0 Å². The fourth-order valence-corrected chi connectivity index (χ4v) is 5.74. The SMILES string of the molecule is COc1cc(C=NNC(=O)CN(c2ccc(C(C)C)cc2)S(=O)(=O)c2ccccc2)ccc1OCc1ccc(Br)cc1. The van der Waals surface area contributed by atoms with E-state index in [4.69, 9.17) is 9.47 Å². The van der Waals surface area contributed by atoms with Crippen LogP contribution in [0.1, 0.15) is 36.5 Å². The highest BCUT2D eigenvalue weighted by molar-refractivity contribution is 9.10. The fourth-order valence-electron chi connectivity index (χ4n) is 4.03. The maximum absolute atomic E-state index is 13.5. The molecule has 0 aliphatic rings. The molecule has 1 amide bonds. The van der Waals surface area contributed by atoms with Gasteiger partial charge in [-0.3, -0.25) is 9.10 Å². The molecule has 4 rings (SSSR count). The molecule has 4 aromatic rings. The molecule has 10 heteroatoms. The van der Waals surface area contributed by atoms with Gasteiger partial charge in [-0.05, 0) is 77.2 Å². The number of anilines is 1. The minimum atomic E-state index is -4.01. The topological polar surface area (TPSA) is 97.3 Å². The molecule has 0 aromatic heterocycles. The monoisotopic (exact) mass is 649 g/mol. The van der Waals surface area contributed by atoms with E-state index in [2.05, 4.69) is 40.3 Å². The van der Waals surface area contributed by atoms with Crippen molar-refractivity contribution in [3.63, 3.8) is 0 Å². The summed E-state index contributed by atoms with van der Waals surface area (Å²) < 4.78 is 40.5. The van der Waals surface area contributed by atoms with Crippen LogP contribution in [0.3, 0.4) is 0 Å². The number of nitrogens with one attached hydrogen (secondary N) is 1. The maximum Gasteiger partial charge on any atom is 0.264 e. The molecule has 0 spiro atoms. The average molecular weight is 651 g/mol. The third-order valence-corrected chi connectivity index (χ3v) is 8.68. The van der Waals surface area contributed by atoms with Gasteiger partial charge in [0, 0.05) is 4.47 Å². The van der Waals surface area contributed by atoms with E-state index in [1.807, 2.05) is 36.4 Å². The van der Waals surface area contributed by atoms with Crippen LogP contribution >= 0.6 is 15.9 Å². The summed E-state index contributed by atoms with van der Waals surface area (Å²) in [7, 11) is -2.47. The van der Waals surface area contributed by atoms with E-state index in [0.29, 0.717) is 29.4 Å². The second-order valence-corrected chi connectivity index (χ2v) is 12.5. The molecule has 0 saturated carbocycles. The molecule has 42 heavy (non-hydrogen) atoms. The van der Waals surface area contributed by atoms with Crippen molar-refractivity contribution in [1.29, 1.82) is 0 Å². The summed E-state index contributed by atoms with van der Waals surface area (Å²) in [5.41, 5.74) is 5.54. The standard InChI is InChI=1S/C32H32BrN3O5S/c1-23(2)26-12-16-28(17-13-26)36(42(38,39)29-7-5-4-6-8-29)21-32(37)35-34-20-25-11-18-30(31(19-25)40-3)41-22-24-9-14-27(33)15-10-24/h4-20,23H,21-22H2,1-3H3,(H,35,37). The number of nitrogens with zero attached hydrogens (tertiary/aromatic N) is 2. The summed E-state index contributed by atoms with van der Waals surface area (Å²) in [5, 5.41) is 4.04. The number of ether oxygens (including phenoxy) is 2. The lowest BCUT2D eigenvalue weighted by atomic mass is 10.0. The summed E-state index contributed by atoms with van der Waals surface area (Å²) in [6.07, 6.45) is 1.45. The van der Waals surface area contributed by atoms with Crippen molar-refractivity contribution in [3.05, 3.63) is 118 Å². The lowest BCUT2D eigenvalue weighted by molar-refractivity contribution is -0.119. The molecule has 0 aliphatic carbocycles. The van der Waals surface area contributed by atoms with Crippen LogP contribution in [0.15, 0.2) is 112 Å². The first-order valence-electron chi connectivity index (χ1n) is 13.2. The molecular weight excluding hydrogens is 618 g/mol. The zero-order valence-electron chi connectivity index (χ0n) is 23.5. The summed E-state index contributed by atoms with van der Waals surface area (Å²) in [6.45, 7) is 4.02. The summed E-state index contributed by atoms with van der Waals surface area (Å²) >= 11 is 3.42. The minimum absolute atomic E-state index is 0.0868. The Morgan fingerprint density at radius 3 is 2.29 bits per heavy atom. The van der Waals surface area contributed by atoms with Gasteiger partial charge in [0.1, 0.15) is 13.2 Å². The number of carbonyl (C=O) groups is 1. The number of rotatable bonds is 12. The van der Waals surface area contributed by atoms with Gasteiger partial charge in [-0.25, -0.2) is 13.8 Å². The van der Waals surface area contributed by atoms with Crippen molar-refractivity contribution in [1.82, 2.24) is 5.43 Å². The molecule has 8 nitrogen and oxygen atoms in total. The highest BCUT2D eigenvalue weighted by atomic mass is 79.9. The molecule has 4 aromatic carbocycles. The number of hydrogen-bond donors (Lipinski definition) is 1. The predicted octanol–water partition coefficient (Wildman–Crippen LogP) is 6.51. The van der Waals surface area contributed by atoms with Gasteiger partial charge in [-0.2, -0.15) is 5.10 Å². The third-order valence-electron chi connectivity index (χ3n) is 6.36. The second kappa shape index (κ2) is 14.2. The zero-order chi connectivity index (χ0) is 30.1. The van der Waals surface area contributed by atoms with Crippen LogP contribution in [0.4, 0.5) is 5.69 Å². The summed E-state index contributed by atoms with van der Waals surface area (Å²) in [5.74, 6) is 0.751. The van der Waals surface area contributed by atoms with Crippen molar-refractivity contribution in [2.45, 2.75) is 31.3 Å². The summed E-state index contributed by atoms with van der Waals surface area (Å²) in [6, 6.07) is 28.3. The smallest absolute Gasteiger partial charge is 0.264 e. The van der Waals surface area contributed by atoms with E-state index in [0.717, 1.165) is 19.9 Å². The van der Waals surface area contributed by atoms with E-state index in [1.54, 1.807) is 55.6 Å². The molecule has 0 heterocycles. The quantitative estimate of drug-likeness (QED) is 0.139. The second-order valence-electron chi connectivity index (χ2n) is 9.69. The Kier molecular flexibility index (Phi) is 10.4. The molecule has 0 bridgehead atoms. The molecule has 0 fully saturated rings. The fraction of sp³-hybridized carbons (Fsp3) is 0.188. The lowest BCUT2D eigenvalue weighted by Crippen LogP contribution is -2.39. The number of amides is 1. The van der Waals surface area contributed by atoms with Crippen molar-refractivity contribution in [2.75, 3.05) is 18.0 Å². The Bertz CT molecular complexity index is 1630. The molecule has 1 N–H and O–H groups in total. The molecule has 218 valence electrons. The normalized spacial score (nSPS) is 11.5. The van der Waals surface area contributed by atoms with Crippen LogP contribution in [-0.4, -0.2) is 34.2 Å².